The molecule has 1 unspecified atom stereocenters. The summed E-state index contributed by atoms with van der Waals surface area (Å²) in [6.45, 7) is 3.70. The SMILES string of the molecule is CCOc1ccccc1N(CC(=O)N(Cc1ccc(C)cc1)C(Cc1ccccc1)C(=O)NC1CCCC1)S(=O)(=O)c1ccc(SC)cc1. The number of sulfonamides is 1. The molecule has 10 heteroatoms. The van der Waals surface area contributed by atoms with Gasteiger partial charge in [-0.1, -0.05) is 85.1 Å². The zero-order valence-corrected chi connectivity index (χ0v) is 30.0. The fourth-order valence-corrected chi connectivity index (χ4v) is 7.97. The number of carbonyl (C=O) groups is 2. The number of para-hydroxylation sites is 2. The van der Waals surface area contributed by atoms with Crippen LogP contribution in [0.5, 0.6) is 5.75 Å². The molecule has 4 aromatic carbocycles. The van der Waals surface area contributed by atoms with Crippen LogP contribution in [0, 0.1) is 6.92 Å². The van der Waals surface area contributed by atoms with Crippen LogP contribution in [0.2, 0.25) is 0 Å². The molecule has 0 heterocycles. The Hall–Kier alpha value is -4.28. The van der Waals surface area contributed by atoms with Crippen LogP contribution in [0.3, 0.4) is 0 Å². The van der Waals surface area contributed by atoms with Gasteiger partial charge in [0.15, 0.2) is 0 Å². The quantitative estimate of drug-likeness (QED) is 0.134. The van der Waals surface area contributed by atoms with Crippen molar-refractivity contribution < 1.29 is 22.7 Å². The maximum absolute atomic E-state index is 14.8. The van der Waals surface area contributed by atoms with Crippen molar-refractivity contribution in [1.29, 1.82) is 0 Å². The molecular formula is C39H45N3O5S2. The van der Waals surface area contributed by atoms with Gasteiger partial charge in [0.05, 0.1) is 17.2 Å². The fraction of sp³-hybridized carbons (Fsp3) is 0.333. The van der Waals surface area contributed by atoms with Gasteiger partial charge < -0.3 is 15.0 Å². The summed E-state index contributed by atoms with van der Waals surface area (Å²) in [6.07, 6.45) is 6.07. The molecule has 0 bridgehead atoms. The normalized spacial score (nSPS) is 13.9. The minimum atomic E-state index is -4.25. The molecule has 1 N–H and O–H groups in total. The van der Waals surface area contributed by atoms with Crippen molar-refractivity contribution in [2.24, 2.45) is 0 Å². The Labute approximate surface area is 294 Å². The number of rotatable bonds is 15. The van der Waals surface area contributed by atoms with Crippen LogP contribution in [0.4, 0.5) is 5.69 Å². The number of thioether (sulfide) groups is 1. The lowest BCUT2D eigenvalue weighted by Crippen LogP contribution is -2.54. The number of nitrogens with zero attached hydrogens (tertiary/aromatic N) is 2. The van der Waals surface area contributed by atoms with Crippen LogP contribution in [0.25, 0.3) is 0 Å². The molecule has 0 spiro atoms. The third-order valence-electron chi connectivity index (χ3n) is 8.81. The van der Waals surface area contributed by atoms with Crippen molar-refractivity contribution in [3.8, 4) is 5.75 Å². The van der Waals surface area contributed by atoms with Crippen LogP contribution in [-0.2, 0) is 32.6 Å². The second kappa shape index (κ2) is 16.9. The number of aryl methyl sites for hydroxylation is 1. The molecule has 1 saturated carbocycles. The Balaban J connectivity index is 1.59. The molecule has 0 aliphatic heterocycles. The topological polar surface area (TPSA) is 96.0 Å². The molecule has 258 valence electrons. The van der Waals surface area contributed by atoms with Gasteiger partial charge in [-0.2, -0.15) is 0 Å². The molecule has 1 fully saturated rings. The highest BCUT2D eigenvalue weighted by Gasteiger charge is 2.36. The molecule has 0 radical (unpaired) electrons. The van der Waals surface area contributed by atoms with Crippen LogP contribution in [-0.4, -0.2) is 56.6 Å². The lowest BCUT2D eigenvalue weighted by Gasteiger charge is -2.34. The van der Waals surface area contributed by atoms with E-state index >= 15 is 0 Å². The molecule has 4 aromatic rings. The Morgan fingerprint density at radius 1 is 0.878 bits per heavy atom. The second-order valence-electron chi connectivity index (χ2n) is 12.3. The van der Waals surface area contributed by atoms with E-state index in [0.717, 1.165) is 51.6 Å². The standard InChI is InChI=1S/C39H45N3O5S2/c1-4-47-37-17-11-10-16-35(37)42(49(45,46)34-24-22-33(48-3)23-25-34)28-38(43)41(27-31-20-18-29(2)19-21-31)36(26-30-12-6-5-7-13-30)39(44)40-32-14-8-9-15-32/h5-7,10-13,16-25,32,36H,4,8-9,14-15,26-28H2,1-3H3,(H,40,44). The van der Waals surface area contributed by atoms with Gasteiger partial charge in [0.1, 0.15) is 18.3 Å². The molecule has 49 heavy (non-hydrogen) atoms. The average Bonchev–Trinajstić information content (AvgIpc) is 3.63. The van der Waals surface area contributed by atoms with Gasteiger partial charge in [-0.3, -0.25) is 13.9 Å². The van der Waals surface area contributed by atoms with Crippen molar-refractivity contribution in [2.45, 2.75) is 74.4 Å². The van der Waals surface area contributed by atoms with Gasteiger partial charge in [0.25, 0.3) is 10.0 Å². The van der Waals surface area contributed by atoms with E-state index in [1.165, 1.54) is 11.8 Å². The predicted octanol–water partition coefficient (Wildman–Crippen LogP) is 7.01. The van der Waals surface area contributed by atoms with E-state index in [1.54, 1.807) is 53.4 Å². The van der Waals surface area contributed by atoms with Crippen molar-refractivity contribution >= 4 is 39.3 Å². The number of ether oxygens (including phenoxy) is 1. The summed E-state index contributed by atoms with van der Waals surface area (Å²) in [7, 11) is -4.25. The highest BCUT2D eigenvalue weighted by Crippen LogP contribution is 2.33. The van der Waals surface area contributed by atoms with Crippen LogP contribution < -0.4 is 14.4 Å². The van der Waals surface area contributed by atoms with E-state index in [9.17, 15) is 18.0 Å². The minimum absolute atomic E-state index is 0.0429. The third-order valence-corrected chi connectivity index (χ3v) is 11.3. The summed E-state index contributed by atoms with van der Waals surface area (Å²) in [4.78, 5) is 31.5. The first-order valence-electron chi connectivity index (χ1n) is 16.8. The van der Waals surface area contributed by atoms with Gasteiger partial charge in [-0.25, -0.2) is 8.42 Å². The molecule has 0 saturated heterocycles. The number of hydrogen-bond acceptors (Lipinski definition) is 6. The molecule has 2 amide bonds. The summed E-state index contributed by atoms with van der Waals surface area (Å²) < 4.78 is 36.0. The first-order valence-corrected chi connectivity index (χ1v) is 19.4. The van der Waals surface area contributed by atoms with Crippen LogP contribution in [0.1, 0.15) is 49.3 Å². The Bertz CT molecular complexity index is 1790. The summed E-state index contributed by atoms with van der Waals surface area (Å²) in [5.74, 6) is -0.404. The van der Waals surface area contributed by atoms with Gasteiger partial charge in [0, 0.05) is 23.9 Å². The number of benzene rings is 4. The molecule has 0 aromatic heterocycles. The first-order chi connectivity index (χ1) is 23.7. The minimum Gasteiger partial charge on any atom is -0.492 e. The Kier molecular flexibility index (Phi) is 12.4. The van der Waals surface area contributed by atoms with E-state index in [2.05, 4.69) is 5.32 Å². The summed E-state index contributed by atoms with van der Waals surface area (Å²) >= 11 is 1.51. The Morgan fingerprint density at radius 2 is 1.53 bits per heavy atom. The first kappa shape index (κ1) is 36.0. The summed E-state index contributed by atoms with van der Waals surface area (Å²) in [5.41, 5.74) is 3.05. The van der Waals surface area contributed by atoms with E-state index < -0.39 is 28.5 Å². The van der Waals surface area contributed by atoms with Crippen molar-refractivity contribution in [2.75, 3.05) is 23.7 Å². The highest BCUT2D eigenvalue weighted by atomic mass is 32.2. The van der Waals surface area contributed by atoms with Gasteiger partial charge in [-0.15, -0.1) is 11.8 Å². The molecule has 1 aliphatic rings. The van der Waals surface area contributed by atoms with E-state index in [-0.39, 0.29) is 35.5 Å². The second-order valence-corrected chi connectivity index (χ2v) is 15.0. The molecule has 1 atom stereocenters. The maximum Gasteiger partial charge on any atom is 0.264 e. The van der Waals surface area contributed by atoms with Crippen molar-refractivity contribution in [1.82, 2.24) is 10.2 Å². The fourth-order valence-electron chi connectivity index (χ4n) is 6.14. The van der Waals surface area contributed by atoms with Gasteiger partial charge >= 0.3 is 0 Å². The highest BCUT2D eigenvalue weighted by molar-refractivity contribution is 7.98. The van der Waals surface area contributed by atoms with E-state index in [0.29, 0.717) is 12.4 Å². The molecule has 8 nitrogen and oxygen atoms in total. The summed E-state index contributed by atoms with van der Waals surface area (Å²) in [5, 5.41) is 3.22. The largest absolute Gasteiger partial charge is 0.492 e. The zero-order valence-electron chi connectivity index (χ0n) is 28.4. The number of anilines is 1. The van der Waals surface area contributed by atoms with Gasteiger partial charge in [-0.05, 0) is 80.5 Å². The monoisotopic (exact) mass is 699 g/mol. The molecular weight excluding hydrogens is 655 g/mol. The lowest BCUT2D eigenvalue weighted by atomic mass is 10.0. The van der Waals surface area contributed by atoms with Crippen molar-refractivity contribution in [3.63, 3.8) is 0 Å². The number of carbonyl (C=O) groups excluding carboxylic acids is 2. The number of nitrogens with one attached hydrogen (secondary N) is 1. The van der Waals surface area contributed by atoms with E-state index in [1.807, 2.05) is 74.7 Å². The molecule has 1 aliphatic carbocycles. The average molecular weight is 700 g/mol. The lowest BCUT2D eigenvalue weighted by molar-refractivity contribution is -0.140. The van der Waals surface area contributed by atoms with E-state index in [4.69, 9.17) is 4.74 Å². The number of amides is 2. The van der Waals surface area contributed by atoms with Crippen LogP contribution >= 0.6 is 11.8 Å². The predicted molar refractivity (Wildman–Crippen MR) is 196 cm³/mol. The summed E-state index contributed by atoms with van der Waals surface area (Å²) in [6, 6.07) is 30.0. The smallest absolute Gasteiger partial charge is 0.264 e. The zero-order chi connectivity index (χ0) is 34.8. The third kappa shape index (κ3) is 9.25. The molecule has 5 rings (SSSR count). The number of hydrogen-bond donors (Lipinski definition) is 1. The van der Waals surface area contributed by atoms with Crippen molar-refractivity contribution in [3.05, 3.63) is 120 Å². The Morgan fingerprint density at radius 3 is 2.18 bits per heavy atom. The van der Waals surface area contributed by atoms with Gasteiger partial charge in [0.2, 0.25) is 11.8 Å². The maximum atomic E-state index is 14.8. The van der Waals surface area contributed by atoms with Crippen LogP contribution in [0.15, 0.2) is 113 Å².